The maximum atomic E-state index is 12.7. The summed E-state index contributed by atoms with van der Waals surface area (Å²) < 4.78 is 0. The zero-order valence-electron chi connectivity index (χ0n) is 15.4. The minimum atomic E-state index is -0.902. The van der Waals surface area contributed by atoms with Crippen LogP contribution in [0, 0.1) is 0 Å². The quantitative estimate of drug-likeness (QED) is 0.550. The first-order valence-electron chi connectivity index (χ1n) is 9.08. The molecule has 1 aliphatic carbocycles. The van der Waals surface area contributed by atoms with E-state index in [1.807, 2.05) is 0 Å². The van der Waals surface area contributed by atoms with Crippen LogP contribution in [0.2, 0.25) is 5.02 Å². The van der Waals surface area contributed by atoms with Gasteiger partial charge in [-0.05, 0) is 31.0 Å². The highest BCUT2D eigenvalue weighted by Gasteiger charge is 2.52. The van der Waals surface area contributed by atoms with Gasteiger partial charge in [-0.1, -0.05) is 30.9 Å². The molecule has 1 heterocycles. The van der Waals surface area contributed by atoms with Crippen molar-refractivity contribution in [2.24, 2.45) is 0 Å². The van der Waals surface area contributed by atoms with Crippen LogP contribution >= 0.6 is 11.6 Å². The van der Waals surface area contributed by atoms with Gasteiger partial charge in [0, 0.05) is 12.6 Å². The van der Waals surface area contributed by atoms with Crippen LogP contribution < -0.4 is 21.4 Å². The van der Waals surface area contributed by atoms with Crippen molar-refractivity contribution in [3.63, 3.8) is 0 Å². The third-order valence-corrected chi connectivity index (χ3v) is 5.33. The van der Waals surface area contributed by atoms with E-state index in [0.717, 1.165) is 24.3 Å². The first-order valence-corrected chi connectivity index (χ1v) is 9.46. The van der Waals surface area contributed by atoms with E-state index < -0.39 is 23.4 Å². The van der Waals surface area contributed by atoms with E-state index in [4.69, 9.17) is 11.6 Å². The number of imide groups is 1. The molecule has 1 aromatic rings. The van der Waals surface area contributed by atoms with Crippen LogP contribution in [0.15, 0.2) is 18.2 Å². The Morgan fingerprint density at radius 2 is 1.93 bits per heavy atom. The number of hydrazine groups is 1. The highest BCUT2D eigenvalue weighted by molar-refractivity contribution is 6.33. The molecule has 1 aromatic carbocycles. The molecule has 0 aromatic heterocycles. The molecule has 9 nitrogen and oxygen atoms in total. The second-order valence-electron chi connectivity index (χ2n) is 6.88. The lowest BCUT2D eigenvalue weighted by Gasteiger charge is -2.30. The summed E-state index contributed by atoms with van der Waals surface area (Å²) in [5, 5.41) is 9.11. The third kappa shape index (κ3) is 3.89. The maximum absolute atomic E-state index is 12.7. The molecule has 4 N–H and O–H groups in total. The van der Waals surface area contributed by atoms with E-state index >= 15 is 0 Å². The Hall–Kier alpha value is -2.81. The van der Waals surface area contributed by atoms with Crippen molar-refractivity contribution in [3.05, 3.63) is 28.8 Å². The van der Waals surface area contributed by atoms with Gasteiger partial charge in [-0.15, -0.1) is 0 Å². The van der Waals surface area contributed by atoms with E-state index in [-0.39, 0.29) is 12.5 Å². The van der Waals surface area contributed by atoms with Gasteiger partial charge >= 0.3 is 6.03 Å². The van der Waals surface area contributed by atoms with Crippen LogP contribution in [0.25, 0.3) is 0 Å². The topological polar surface area (TPSA) is 120 Å². The SMILES string of the molecule is CNC(=O)c1ccc(Cl)c(NCC(=O)NN2C(=O)NC3(CCCCC3)C2=O)c1. The smallest absolute Gasteiger partial charge is 0.344 e. The van der Waals surface area contributed by atoms with Crippen molar-refractivity contribution < 1.29 is 19.2 Å². The van der Waals surface area contributed by atoms with E-state index in [1.165, 1.54) is 19.2 Å². The fourth-order valence-corrected chi connectivity index (χ4v) is 3.69. The number of carbonyl (C=O) groups excluding carboxylic acids is 4. The summed E-state index contributed by atoms with van der Waals surface area (Å²) >= 11 is 6.09. The van der Waals surface area contributed by atoms with E-state index in [9.17, 15) is 19.2 Å². The number of nitrogens with one attached hydrogen (secondary N) is 4. The molecular weight excluding hydrogens is 386 g/mol. The third-order valence-electron chi connectivity index (χ3n) is 5.00. The maximum Gasteiger partial charge on any atom is 0.344 e. The molecule has 1 saturated carbocycles. The molecular formula is C18H22ClN5O4. The van der Waals surface area contributed by atoms with Gasteiger partial charge in [-0.3, -0.25) is 19.8 Å². The predicted molar refractivity (Wildman–Crippen MR) is 103 cm³/mol. The van der Waals surface area contributed by atoms with Crippen molar-refractivity contribution in [2.75, 3.05) is 18.9 Å². The number of hydrogen-bond acceptors (Lipinski definition) is 5. The molecule has 2 aliphatic rings. The van der Waals surface area contributed by atoms with Gasteiger partial charge in [0.25, 0.3) is 17.7 Å². The minimum absolute atomic E-state index is 0.235. The Kier molecular flexibility index (Phi) is 5.73. The normalized spacial score (nSPS) is 18.0. The average molecular weight is 408 g/mol. The van der Waals surface area contributed by atoms with Crippen molar-refractivity contribution in [1.82, 2.24) is 21.1 Å². The summed E-state index contributed by atoms with van der Waals surface area (Å²) in [5.41, 5.74) is 2.20. The van der Waals surface area contributed by atoms with Crippen LogP contribution in [0.4, 0.5) is 10.5 Å². The van der Waals surface area contributed by atoms with Crippen molar-refractivity contribution >= 4 is 41.0 Å². The van der Waals surface area contributed by atoms with E-state index in [1.54, 1.807) is 6.07 Å². The van der Waals surface area contributed by atoms with E-state index in [2.05, 4.69) is 21.4 Å². The lowest BCUT2D eigenvalue weighted by Crippen LogP contribution is -2.51. The van der Waals surface area contributed by atoms with Gasteiger partial charge in [0.1, 0.15) is 5.54 Å². The fourth-order valence-electron chi connectivity index (χ4n) is 3.50. The molecule has 1 saturated heterocycles. The largest absolute Gasteiger partial charge is 0.375 e. The number of carbonyl (C=O) groups is 4. The molecule has 1 spiro atoms. The number of nitrogens with zero attached hydrogens (tertiary/aromatic N) is 1. The Morgan fingerprint density at radius 3 is 2.61 bits per heavy atom. The Labute approximate surface area is 167 Å². The number of hydrogen-bond donors (Lipinski definition) is 4. The summed E-state index contributed by atoms with van der Waals surface area (Å²) in [5.74, 6) is -1.30. The van der Waals surface area contributed by atoms with Gasteiger partial charge in [0.2, 0.25) is 0 Å². The zero-order valence-corrected chi connectivity index (χ0v) is 16.2. The molecule has 0 unspecified atom stereocenters. The molecule has 28 heavy (non-hydrogen) atoms. The number of halogens is 1. The zero-order chi connectivity index (χ0) is 20.3. The lowest BCUT2D eigenvalue weighted by atomic mass is 9.82. The summed E-state index contributed by atoms with van der Waals surface area (Å²) in [6.07, 6.45) is 3.89. The van der Waals surface area contributed by atoms with Crippen LogP contribution in [0.5, 0.6) is 0 Å². The molecule has 0 radical (unpaired) electrons. The Bertz CT molecular complexity index is 822. The van der Waals surface area contributed by atoms with Gasteiger partial charge in [0.05, 0.1) is 17.3 Å². The molecule has 3 rings (SSSR count). The standard InChI is InChI=1S/C18H22ClN5O4/c1-20-15(26)11-5-6-12(19)13(9-11)21-10-14(25)23-24-16(27)18(22-17(24)28)7-3-2-4-8-18/h5-6,9,21H,2-4,7-8,10H2,1H3,(H,20,26)(H,22,28)(H,23,25). The predicted octanol–water partition coefficient (Wildman–Crippen LogP) is 1.40. The molecule has 5 amide bonds. The minimum Gasteiger partial charge on any atom is -0.375 e. The summed E-state index contributed by atoms with van der Waals surface area (Å²) in [7, 11) is 1.51. The molecule has 10 heteroatoms. The lowest BCUT2D eigenvalue weighted by molar-refractivity contribution is -0.139. The second kappa shape index (κ2) is 8.05. The van der Waals surface area contributed by atoms with E-state index in [0.29, 0.717) is 29.1 Å². The monoisotopic (exact) mass is 407 g/mol. The van der Waals surface area contributed by atoms with Crippen LogP contribution in [-0.2, 0) is 9.59 Å². The number of benzene rings is 1. The van der Waals surface area contributed by atoms with Gasteiger partial charge in [0.15, 0.2) is 0 Å². The highest BCUT2D eigenvalue weighted by Crippen LogP contribution is 2.33. The number of urea groups is 1. The second-order valence-corrected chi connectivity index (χ2v) is 7.28. The summed E-state index contributed by atoms with van der Waals surface area (Å²) in [4.78, 5) is 48.8. The molecule has 150 valence electrons. The van der Waals surface area contributed by atoms with Gasteiger partial charge in [-0.2, -0.15) is 5.01 Å². The van der Waals surface area contributed by atoms with Crippen molar-refractivity contribution in [3.8, 4) is 0 Å². The van der Waals surface area contributed by atoms with Gasteiger partial charge < -0.3 is 16.0 Å². The number of anilines is 1. The fraction of sp³-hybridized carbons (Fsp3) is 0.444. The average Bonchev–Trinajstić information content (AvgIpc) is 2.91. The van der Waals surface area contributed by atoms with Crippen LogP contribution in [0.3, 0.4) is 0 Å². The number of amides is 5. The summed E-state index contributed by atoms with van der Waals surface area (Å²) in [6.45, 7) is -0.235. The van der Waals surface area contributed by atoms with Crippen LogP contribution in [0.1, 0.15) is 42.5 Å². The van der Waals surface area contributed by atoms with Gasteiger partial charge in [-0.25, -0.2) is 4.79 Å². The number of rotatable bonds is 5. The van der Waals surface area contributed by atoms with Crippen molar-refractivity contribution in [2.45, 2.75) is 37.6 Å². The summed E-state index contributed by atoms with van der Waals surface area (Å²) in [6, 6.07) is 3.99. The Balaban J connectivity index is 1.61. The molecule has 2 fully saturated rings. The Morgan fingerprint density at radius 1 is 1.21 bits per heavy atom. The molecule has 0 atom stereocenters. The molecule has 0 bridgehead atoms. The highest BCUT2D eigenvalue weighted by atomic mass is 35.5. The van der Waals surface area contributed by atoms with Crippen molar-refractivity contribution in [1.29, 1.82) is 0 Å². The molecule has 1 aliphatic heterocycles. The van der Waals surface area contributed by atoms with Crippen LogP contribution in [-0.4, -0.2) is 47.9 Å². The first-order chi connectivity index (χ1) is 13.4. The first kappa shape index (κ1) is 19.9.